The Balaban J connectivity index is 2.56. The van der Waals surface area contributed by atoms with Gasteiger partial charge in [-0.15, -0.1) is 0 Å². The molecular formula is C16H21F3N2O4. The van der Waals surface area contributed by atoms with Gasteiger partial charge in [0.25, 0.3) is 0 Å². The molecular weight excluding hydrogens is 341 g/mol. The molecule has 0 atom stereocenters. The molecule has 0 aromatic heterocycles. The summed E-state index contributed by atoms with van der Waals surface area (Å²) < 4.78 is 48.4. The highest BCUT2D eigenvalue weighted by molar-refractivity contribution is 6.04. The van der Waals surface area contributed by atoms with Crippen LogP contribution in [0.5, 0.6) is 5.75 Å². The molecule has 1 rings (SSSR count). The summed E-state index contributed by atoms with van der Waals surface area (Å²) in [5.74, 6) is 0.320. The number of amides is 1. The molecule has 0 unspecified atom stereocenters. The fraction of sp³-hybridized carbons (Fsp3) is 0.500. The number of nitrogens with zero attached hydrogens (tertiary/aromatic N) is 2. The van der Waals surface area contributed by atoms with Gasteiger partial charge < -0.3 is 19.6 Å². The van der Waals surface area contributed by atoms with Crippen LogP contribution in [0.25, 0.3) is 0 Å². The molecule has 9 heteroatoms. The lowest BCUT2D eigenvalue weighted by Crippen LogP contribution is -2.36. The lowest BCUT2D eigenvalue weighted by Gasteiger charge is -2.24. The molecule has 0 aliphatic carbocycles. The normalized spacial score (nSPS) is 12.7. The van der Waals surface area contributed by atoms with Crippen molar-refractivity contribution in [2.75, 3.05) is 20.2 Å². The summed E-state index contributed by atoms with van der Waals surface area (Å²) in [7, 11) is 1.55. The van der Waals surface area contributed by atoms with E-state index in [0.717, 1.165) is 12.1 Å². The summed E-state index contributed by atoms with van der Waals surface area (Å²) in [4.78, 5) is 13.1. The number of ether oxygens (including phenoxy) is 2. The number of carbonyl (C=O) groups excluding carboxylic acids is 1. The number of likely N-dealkylation sites (N-methyl/N-ethyl adjacent to an activating group) is 1. The number of oxime groups is 1. The number of carbonyl (C=O) groups is 1. The Morgan fingerprint density at radius 2 is 1.76 bits per heavy atom. The van der Waals surface area contributed by atoms with E-state index in [1.165, 1.54) is 17.0 Å². The standard InChI is InChI=1S/C16H21F3N2O4/c1-15(2,3)25-14(22)21(4)9-10-24-12-7-5-11(6-8-12)13(20-23)16(17,18)19/h5-8,23H,9-10H2,1-4H3/b20-13+. The van der Waals surface area contributed by atoms with Crippen LogP contribution in [0, 0.1) is 0 Å². The topological polar surface area (TPSA) is 71.4 Å². The maximum atomic E-state index is 12.6. The largest absolute Gasteiger partial charge is 0.492 e. The molecule has 0 spiro atoms. The summed E-state index contributed by atoms with van der Waals surface area (Å²) in [5.41, 5.74) is -2.27. The SMILES string of the molecule is CN(CCOc1ccc(/C(=N\O)C(F)(F)F)cc1)C(=O)OC(C)(C)C. The average molecular weight is 362 g/mol. The van der Waals surface area contributed by atoms with Gasteiger partial charge in [-0.05, 0) is 45.0 Å². The molecule has 6 nitrogen and oxygen atoms in total. The first kappa shape index (κ1) is 20.6. The van der Waals surface area contributed by atoms with E-state index in [4.69, 9.17) is 14.7 Å². The Hall–Kier alpha value is -2.45. The molecule has 0 bridgehead atoms. The monoisotopic (exact) mass is 362 g/mol. The number of halogens is 3. The van der Waals surface area contributed by atoms with E-state index < -0.39 is 23.6 Å². The first-order valence-corrected chi connectivity index (χ1v) is 7.40. The second-order valence-electron chi connectivity index (χ2n) is 6.22. The number of alkyl halides is 3. The zero-order chi connectivity index (χ0) is 19.3. The van der Waals surface area contributed by atoms with Crippen LogP contribution in [-0.4, -0.2) is 53.9 Å². The van der Waals surface area contributed by atoms with Crippen molar-refractivity contribution < 1.29 is 32.6 Å². The third-order valence-corrected chi connectivity index (χ3v) is 2.90. The quantitative estimate of drug-likeness (QED) is 0.493. The van der Waals surface area contributed by atoms with Crippen LogP contribution >= 0.6 is 0 Å². The van der Waals surface area contributed by atoms with Gasteiger partial charge in [0.05, 0.1) is 6.54 Å². The Morgan fingerprint density at radius 3 is 2.20 bits per heavy atom. The predicted octanol–water partition coefficient (Wildman–Crippen LogP) is 3.67. The van der Waals surface area contributed by atoms with Gasteiger partial charge in [0, 0.05) is 12.6 Å². The van der Waals surface area contributed by atoms with Crippen LogP contribution in [-0.2, 0) is 4.74 Å². The lowest BCUT2D eigenvalue weighted by molar-refractivity contribution is -0.0601. The van der Waals surface area contributed by atoms with Crippen LogP contribution in [0.2, 0.25) is 0 Å². The van der Waals surface area contributed by atoms with Crippen LogP contribution in [0.4, 0.5) is 18.0 Å². The van der Waals surface area contributed by atoms with Crippen LogP contribution in [0.15, 0.2) is 29.4 Å². The smallest absolute Gasteiger partial charge is 0.437 e. The van der Waals surface area contributed by atoms with E-state index in [0.29, 0.717) is 5.75 Å². The summed E-state index contributed by atoms with van der Waals surface area (Å²) in [6.45, 7) is 5.63. The first-order valence-electron chi connectivity index (χ1n) is 7.40. The molecule has 1 aromatic carbocycles. The summed E-state index contributed by atoms with van der Waals surface area (Å²) in [6.07, 6.45) is -5.26. The zero-order valence-electron chi connectivity index (χ0n) is 14.4. The minimum Gasteiger partial charge on any atom is -0.492 e. The Kier molecular flexibility index (Phi) is 6.66. The van der Waals surface area contributed by atoms with Crippen molar-refractivity contribution in [3.05, 3.63) is 29.8 Å². The predicted molar refractivity (Wildman–Crippen MR) is 85.2 cm³/mol. The Labute approximate surface area is 143 Å². The molecule has 25 heavy (non-hydrogen) atoms. The average Bonchev–Trinajstić information content (AvgIpc) is 2.46. The van der Waals surface area contributed by atoms with E-state index in [1.54, 1.807) is 27.8 Å². The lowest BCUT2D eigenvalue weighted by atomic mass is 10.1. The van der Waals surface area contributed by atoms with E-state index in [1.807, 2.05) is 0 Å². The fourth-order valence-corrected chi connectivity index (χ4v) is 1.72. The Morgan fingerprint density at radius 1 is 1.20 bits per heavy atom. The molecule has 0 saturated heterocycles. The van der Waals surface area contributed by atoms with Gasteiger partial charge in [0.1, 0.15) is 18.0 Å². The minimum atomic E-state index is -4.76. The highest BCUT2D eigenvalue weighted by Crippen LogP contribution is 2.24. The Bertz CT molecular complexity index is 607. The van der Waals surface area contributed by atoms with Crippen LogP contribution < -0.4 is 4.74 Å². The number of hydrogen-bond acceptors (Lipinski definition) is 5. The van der Waals surface area contributed by atoms with Gasteiger partial charge in [-0.2, -0.15) is 13.2 Å². The molecule has 1 aromatic rings. The second kappa shape index (κ2) is 8.09. The van der Waals surface area contributed by atoms with Crippen molar-refractivity contribution in [3.63, 3.8) is 0 Å². The van der Waals surface area contributed by atoms with E-state index in [2.05, 4.69) is 5.16 Å². The second-order valence-corrected chi connectivity index (χ2v) is 6.22. The number of hydrogen-bond donors (Lipinski definition) is 1. The molecule has 0 aliphatic rings. The maximum absolute atomic E-state index is 12.6. The van der Waals surface area contributed by atoms with Gasteiger partial charge in [-0.25, -0.2) is 4.79 Å². The highest BCUT2D eigenvalue weighted by Gasteiger charge is 2.37. The molecule has 0 fully saturated rings. The number of rotatable bonds is 5. The molecule has 0 aliphatic heterocycles. The van der Waals surface area contributed by atoms with Crippen LogP contribution in [0.1, 0.15) is 26.3 Å². The van der Waals surface area contributed by atoms with E-state index >= 15 is 0 Å². The van der Waals surface area contributed by atoms with Crippen molar-refractivity contribution in [1.82, 2.24) is 4.90 Å². The highest BCUT2D eigenvalue weighted by atomic mass is 19.4. The summed E-state index contributed by atoms with van der Waals surface area (Å²) in [5, 5.41) is 10.8. The van der Waals surface area contributed by atoms with Crippen LogP contribution in [0.3, 0.4) is 0 Å². The van der Waals surface area contributed by atoms with Gasteiger partial charge in [0.15, 0.2) is 5.71 Å². The maximum Gasteiger partial charge on any atom is 0.437 e. The molecule has 0 heterocycles. The molecule has 140 valence electrons. The van der Waals surface area contributed by atoms with Gasteiger partial charge in [-0.1, -0.05) is 5.16 Å². The van der Waals surface area contributed by atoms with E-state index in [-0.39, 0.29) is 18.7 Å². The van der Waals surface area contributed by atoms with Crippen molar-refractivity contribution >= 4 is 11.8 Å². The fourth-order valence-electron chi connectivity index (χ4n) is 1.72. The van der Waals surface area contributed by atoms with Gasteiger partial charge >= 0.3 is 12.3 Å². The van der Waals surface area contributed by atoms with Crippen molar-refractivity contribution in [1.29, 1.82) is 0 Å². The third-order valence-electron chi connectivity index (χ3n) is 2.90. The molecule has 1 N–H and O–H groups in total. The van der Waals surface area contributed by atoms with Crippen molar-refractivity contribution in [2.45, 2.75) is 32.5 Å². The number of benzene rings is 1. The van der Waals surface area contributed by atoms with Gasteiger partial charge in [-0.3, -0.25) is 0 Å². The summed E-state index contributed by atoms with van der Waals surface area (Å²) >= 11 is 0. The zero-order valence-corrected chi connectivity index (χ0v) is 14.4. The minimum absolute atomic E-state index is 0.134. The van der Waals surface area contributed by atoms with Gasteiger partial charge in [0.2, 0.25) is 0 Å². The molecule has 0 saturated carbocycles. The third kappa shape index (κ3) is 6.90. The first-order chi connectivity index (χ1) is 11.4. The van der Waals surface area contributed by atoms with Crippen molar-refractivity contribution in [2.24, 2.45) is 5.16 Å². The molecule has 0 radical (unpaired) electrons. The molecule has 1 amide bonds. The van der Waals surface area contributed by atoms with Crippen molar-refractivity contribution in [3.8, 4) is 5.75 Å². The van der Waals surface area contributed by atoms with E-state index in [9.17, 15) is 18.0 Å². The summed E-state index contributed by atoms with van der Waals surface area (Å²) in [6, 6.07) is 4.91.